The van der Waals surface area contributed by atoms with Gasteiger partial charge in [-0.2, -0.15) is 0 Å². The highest BCUT2D eigenvalue weighted by Gasteiger charge is 2.40. The van der Waals surface area contributed by atoms with Gasteiger partial charge in [0.1, 0.15) is 0 Å². The molecule has 0 aliphatic carbocycles. The van der Waals surface area contributed by atoms with Crippen molar-refractivity contribution in [1.82, 2.24) is 0 Å². The molecule has 80 valence electrons. The summed E-state index contributed by atoms with van der Waals surface area (Å²) in [7, 11) is 3.41. The summed E-state index contributed by atoms with van der Waals surface area (Å²) < 4.78 is 10.7. The predicted octanol–water partition coefficient (Wildman–Crippen LogP) is 2.92. The molecule has 0 unspecified atom stereocenters. The number of hydrogen-bond acceptors (Lipinski definition) is 2. The Balaban J connectivity index is 4.75. The van der Waals surface area contributed by atoms with E-state index in [0.29, 0.717) is 11.8 Å². The van der Waals surface area contributed by atoms with Gasteiger partial charge in [0.2, 0.25) is 0 Å². The number of ether oxygens (including phenoxy) is 2. The molecular formula is C11H24O2. The van der Waals surface area contributed by atoms with Gasteiger partial charge in [0.25, 0.3) is 0 Å². The molecule has 0 saturated carbocycles. The smallest absolute Gasteiger partial charge is 0.162 e. The van der Waals surface area contributed by atoms with Gasteiger partial charge in [0, 0.05) is 19.6 Å². The molecule has 2 nitrogen and oxygen atoms in total. The van der Waals surface area contributed by atoms with Crippen LogP contribution in [-0.2, 0) is 9.47 Å². The van der Waals surface area contributed by atoms with E-state index < -0.39 is 0 Å². The summed E-state index contributed by atoms with van der Waals surface area (Å²) in [5, 5.41) is 0. The maximum atomic E-state index is 5.36. The third kappa shape index (κ3) is 2.44. The van der Waals surface area contributed by atoms with Crippen molar-refractivity contribution in [2.75, 3.05) is 14.2 Å². The standard InChI is InChI=1S/C11H24O2/c1-8(2)11(5,9(3)4)10(12-6)13-7/h8-10H,1-7H3. The first kappa shape index (κ1) is 12.9. The summed E-state index contributed by atoms with van der Waals surface area (Å²) in [5.74, 6) is 1.08. The van der Waals surface area contributed by atoms with Crippen LogP contribution >= 0.6 is 0 Å². The molecule has 0 N–H and O–H groups in total. The van der Waals surface area contributed by atoms with E-state index in [1.54, 1.807) is 14.2 Å². The van der Waals surface area contributed by atoms with Crippen LogP contribution in [0.5, 0.6) is 0 Å². The Kier molecular flexibility index (Phi) is 4.93. The highest BCUT2D eigenvalue weighted by molar-refractivity contribution is 4.84. The lowest BCUT2D eigenvalue weighted by molar-refractivity contribution is -0.201. The zero-order valence-corrected chi connectivity index (χ0v) is 10.0. The Hall–Kier alpha value is -0.0800. The molecule has 0 amide bonds. The summed E-state index contributed by atoms with van der Waals surface area (Å²) in [6.07, 6.45) is -0.118. The van der Waals surface area contributed by atoms with Crippen molar-refractivity contribution in [1.29, 1.82) is 0 Å². The van der Waals surface area contributed by atoms with Crippen molar-refractivity contribution in [2.45, 2.75) is 40.9 Å². The van der Waals surface area contributed by atoms with Crippen LogP contribution in [0.1, 0.15) is 34.6 Å². The summed E-state index contributed by atoms with van der Waals surface area (Å²) in [6.45, 7) is 11.1. The number of hydrogen-bond donors (Lipinski definition) is 0. The second-order valence-corrected chi connectivity index (χ2v) is 4.48. The van der Waals surface area contributed by atoms with E-state index in [9.17, 15) is 0 Å². The topological polar surface area (TPSA) is 18.5 Å². The quantitative estimate of drug-likeness (QED) is 0.618. The van der Waals surface area contributed by atoms with Gasteiger partial charge >= 0.3 is 0 Å². The summed E-state index contributed by atoms with van der Waals surface area (Å²) >= 11 is 0. The fourth-order valence-electron chi connectivity index (χ4n) is 1.82. The maximum absolute atomic E-state index is 5.36. The van der Waals surface area contributed by atoms with Crippen LogP contribution in [0.15, 0.2) is 0 Å². The van der Waals surface area contributed by atoms with Crippen LogP contribution in [0.3, 0.4) is 0 Å². The van der Waals surface area contributed by atoms with Gasteiger partial charge in [-0.3, -0.25) is 0 Å². The minimum Gasteiger partial charge on any atom is -0.355 e. The highest BCUT2D eigenvalue weighted by atomic mass is 16.7. The molecule has 0 rings (SSSR count). The molecule has 0 bridgehead atoms. The Labute approximate surface area is 82.6 Å². The molecule has 0 aromatic rings. The van der Waals surface area contributed by atoms with Gasteiger partial charge in [-0.1, -0.05) is 34.6 Å². The summed E-state index contributed by atoms with van der Waals surface area (Å²) in [4.78, 5) is 0. The van der Waals surface area contributed by atoms with Crippen LogP contribution in [0.4, 0.5) is 0 Å². The molecule has 0 aromatic heterocycles. The van der Waals surface area contributed by atoms with Crippen LogP contribution < -0.4 is 0 Å². The molecule has 0 aliphatic heterocycles. The zero-order valence-electron chi connectivity index (χ0n) is 10.0. The van der Waals surface area contributed by atoms with E-state index in [2.05, 4.69) is 34.6 Å². The molecule has 0 aliphatic rings. The average molecular weight is 188 g/mol. The van der Waals surface area contributed by atoms with E-state index >= 15 is 0 Å². The SMILES string of the molecule is COC(OC)C(C)(C(C)C)C(C)C. The fourth-order valence-corrected chi connectivity index (χ4v) is 1.82. The van der Waals surface area contributed by atoms with Gasteiger partial charge in [-0.15, -0.1) is 0 Å². The summed E-state index contributed by atoms with van der Waals surface area (Å²) in [5.41, 5.74) is 0.0729. The van der Waals surface area contributed by atoms with Crippen LogP contribution in [0.25, 0.3) is 0 Å². The van der Waals surface area contributed by atoms with Gasteiger partial charge < -0.3 is 9.47 Å². The predicted molar refractivity (Wildman–Crippen MR) is 55.6 cm³/mol. The van der Waals surface area contributed by atoms with Crippen molar-refractivity contribution in [3.8, 4) is 0 Å². The van der Waals surface area contributed by atoms with E-state index in [-0.39, 0.29) is 11.7 Å². The van der Waals surface area contributed by atoms with Crippen LogP contribution in [0, 0.1) is 17.3 Å². The minimum atomic E-state index is -0.118. The minimum absolute atomic E-state index is 0.0729. The number of rotatable bonds is 5. The van der Waals surface area contributed by atoms with Gasteiger partial charge in [0.05, 0.1) is 0 Å². The Morgan fingerprint density at radius 1 is 0.846 bits per heavy atom. The highest BCUT2D eigenvalue weighted by Crippen LogP contribution is 2.40. The molecule has 2 heteroatoms. The monoisotopic (exact) mass is 188 g/mol. The second kappa shape index (κ2) is 4.97. The van der Waals surface area contributed by atoms with E-state index in [0.717, 1.165) is 0 Å². The molecule has 0 saturated heterocycles. The lowest BCUT2D eigenvalue weighted by Crippen LogP contribution is -2.43. The molecule has 0 radical (unpaired) electrons. The lowest BCUT2D eigenvalue weighted by atomic mass is 9.70. The first-order valence-corrected chi connectivity index (χ1v) is 4.96. The van der Waals surface area contributed by atoms with Gasteiger partial charge in [-0.05, 0) is 11.8 Å². The molecule has 0 atom stereocenters. The van der Waals surface area contributed by atoms with Crippen molar-refractivity contribution >= 4 is 0 Å². The molecule has 0 fully saturated rings. The number of methoxy groups -OCH3 is 2. The molecule has 13 heavy (non-hydrogen) atoms. The lowest BCUT2D eigenvalue weighted by Gasteiger charge is -2.42. The fraction of sp³-hybridized carbons (Fsp3) is 1.00. The third-order valence-corrected chi connectivity index (χ3v) is 3.42. The van der Waals surface area contributed by atoms with Crippen molar-refractivity contribution < 1.29 is 9.47 Å². The average Bonchev–Trinajstić information content (AvgIpc) is 2.05. The van der Waals surface area contributed by atoms with E-state index in [4.69, 9.17) is 9.47 Å². The Morgan fingerprint density at radius 3 is 1.23 bits per heavy atom. The Morgan fingerprint density at radius 2 is 1.15 bits per heavy atom. The molecular weight excluding hydrogens is 164 g/mol. The van der Waals surface area contributed by atoms with Crippen molar-refractivity contribution in [3.63, 3.8) is 0 Å². The van der Waals surface area contributed by atoms with E-state index in [1.165, 1.54) is 0 Å². The van der Waals surface area contributed by atoms with Crippen molar-refractivity contribution in [2.24, 2.45) is 17.3 Å². The summed E-state index contributed by atoms with van der Waals surface area (Å²) in [6, 6.07) is 0. The molecule has 0 heterocycles. The maximum Gasteiger partial charge on any atom is 0.162 e. The molecule has 0 spiro atoms. The Bertz CT molecular complexity index is 129. The largest absolute Gasteiger partial charge is 0.355 e. The normalized spacial score (nSPS) is 13.4. The zero-order chi connectivity index (χ0) is 10.6. The first-order valence-electron chi connectivity index (χ1n) is 4.96. The van der Waals surface area contributed by atoms with Gasteiger partial charge in [0.15, 0.2) is 6.29 Å². The van der Waals surface area contributed by atoms with Crippen LogP contribution in [0.2, 0.25) is 0 Å². The first-order chi connectivity index (χ1) is 5.91. The third-order valence-electron chi connectivity index (χ3n) is 3.42. The second-order valence-electron chi connectivity index (χ2n) is 4.48. The molecule has 0 aromatic carbocycles. The van der Waals surface area contributed by atoms with Gasteiger partial charge in [-0.25, -0.2) is 0 Å². The van der Waals surface area contributed by atoms with E-state index in [1.807, 2.05) is 0 Å². The van der Waals surface area contributed by atoms with Crippen LogP contribution in [-0.4, -0.2) is 20.5 Å². The van der Waals surface area contributed by atoms with Crippen molar-refractivity contribution in [3.05, 3.63) is 0 Å².